The summed E-state index contributed by atoms with van der Waals surface area (Å²) in [5.74, 6) is 2.04. The minimum absolute atomic E-state index is 0.302. The number of nitriles is 1. The quantitative estimate of drug-likeness (QED) is 0.404. The van der Waals surface area contributed by atoms with Gasteiger partial charge in [-0.1, -0.05) is 0 Å². The number of hydrogen-bond acceptors (Lipinski definition) is 7. The van der Waals surface area contributed by atoms with E-state index in [9.17, 15) is 4.79 Å². The van der Waals surface area contributed by atoms with Crippen LogP contribution >= 0.6 is 0 Å². The molecule has 0 bridgehead atoms. The molecule has 2 heterocycles. The summed E-state index contributed by atoms with van der Waals surface area (Å²) in [7, 11) is 0. The van der Waals surface area contributed by atoms with E-state index in [1.54, 1.807) is 48.7 Å². The second-order valence-electron chi connectivity index (χ2n) is 7.01. The number of anilines is 4. The summed E-state index contributed by atoms with van der Waals surface area (Å²) in [6, 6.07) is 18.4. The van der Waals surface area contributed by atoms with Crippen LogP contribution < -0.4 is 10.6 Å². The smallest absolute Gasteiger partial charge is 0.229 e. The van der Waals surface area contributed by atoms with E-state index in [4.69, 9.17) is 9.68 Å². The number of aromatic nitrogens is 2. The zero-order valence-corrected chi connectivity index (χ0v) is 17.0. The normalized spacial score (nSPS) is 10.4. The van der Waals surface area contributed by atoms with Crippen molar-refractivity contribution in [2.75, 3.05) is 10.6 Å². The van der Waals surface area contributed by atoms with Crippen LogP contribution in [0.3, 0.4) is 0 Å². The maximum Gasteiger partial charge on any atom is 0.229 e. The van der Waals surface area contributed by atoms with Crippen molar-refractivity contribution < 1.29 is 9.21 Å². The van der Waals surface area contributed by atoms with Gasteiger partial charge >= 0.3 is 0 Å². The Morgan fingerprint density at radius 3 is 2.39 bits per heavy atom. The van der Waals surface area contributed by atoms with Crippen LogP contribution in [0.5, 0.6) is 0 Å². The number of benzene rings is 2. The summed E-state index contributed by atoms with van der Waals surface area (Å²) >= 11 is 0. The van der Waals surface area contributed by atoms with Crippen LogP contribution in [0.2, 0.25) is 0 Å². The van der Waals surface area contributed by atoms with E-state index in [0.29, 0.717) is 35.1 Å². The molecule has 0 radical (unpaired) electrons. The molecule has 4 rings (SSSR count). The first-order valence-corrected chi connectivity index (χ1v) is 9.59. The van der Waals surface area contributed by atoms with Crippen molar-refractivity contribution in [1.82, 2.24) is 9.97 Å². The predicted octanol–water partition coefficient (Wildman–Crippen LogP) is 5.52. The summed E-state index contributed by atoms with van der Waals surface area (Å²) in [4.78, 5) is 19.7. The van der Waals surface area contributed by atoms with Gasteiger partial charge < -0.3 is 15.1 Å². The van der Waals surface area contributed by atoms with Gasteiger partial charge in [-0.15, -0.1) is 0 Å². The lowest BCUT2D eigenvalue weighted by atomic mass is 10.0. The van der Waals surface area contributed by atoms with E-state index in [0.717, 1.165) is 28.1 Å². The van der Waals surface area contributed by atoms with Crippen LogP contribution in [0.1, 0.15) is 27.2 Å². The number of aldehydes is 1. The number of carbonyl (C=O) groups excluding carboxylic acids is 1. The first-order chi connectivity index (χ1) is 15.1. The number of hydrogen-bond donors (Lipinski definition) is 2. The lowest BCUT2D eigenvalue weighted by Crippen LogP contribution is -2.02. The molecule has 0 fully saturated rings. The van der Waals surface area contributed by atoms with E-state index in [2.05, 4.69) is 26.7 Å². The molecular weight excluding hydrogens is 390 g/mol. The highest BCUT2D eigenvalue weighted by molar-refractivity contribution is 5.75. The molecule has 0 aliphatic rings. The SMILES string of the molecule is Cc1cc(-c2ccc(C=O)o2)cc(C)c1Nc1ccnc(Nc2ccc(C#N)cc2)n1. The highest BCUT2D eigenvalue weighted by Gasteiger charge is 2.11. The number of furan rings is 1. The Balaban J connectivity index is 1.55. The average molecular weight is 409 g/mol. The summed E-state index contributed by atoms with van der Waals surface area (Å²) in [6.07, 6.45) is 2.36. The zero-order chi connectivity index (χ0) is 21.8. The van der Waals surface area contributed by atoms with Gasteiger partial charge in [-0.2, -0.15) is 10.2 Å². The maximum absolute atomic E-state index is 10.9. The third kappa shape index (κ3) is 4.43. The molecular formula is C24H19N5O2. The second kappa shape index (κ2) is 8.51. The Hall–Kier alpha value is -4.44. The molecule has 152 valence electrons. The van der Waals surface area contributed by atoms with Crippen LogP contribution in [0.25, 0.3) is 11.3 Å². The van der Waals surface area contributed by atoms with Gasteiger partial charge in [-0.3, -0.25) is 4.79 Å². The molecule has 4 aromatic rings. The number of carbonyl (C=O) groups is 1. The minimum atomic E-state index is 0.302. The van der Waals surface area contributed by atoms with Gasteiger partial charge in [0.05, 0.1) is 11.6 Å². The van der Waals surface area contributed by atoms with Crippen molar-refractivity contribution in [3.05, 3.63) is 83.2 Å². The Labute approximate surface area is 179 Å². The van der Waals surface area contributed by atoms with Crippen molar-refractivity contribution in [3.63, 3.8) is 0 Å². The van der Waals surface area contributed by atoms with Crippen molar-refractivity contribution in [1.29, 1.82) is 5.26 Å². The van der Waals surface area contributed by atoms with Gasteiger partial charge in [-0.25, -0.2) is 4.98 Å². The molecule has 31 heavy (non-hydrogen) atoms. The van der Waals surface area contributed by atoms with Crippen molar-refractivity contribution in [2.24, 2.45) is 0 Å². The summed E-state index contributed by atoms with van der Waals surface area (Å²) in [5.41, 5.74) is 5.25. The van der Waals surface area contributed by atoms with Crippen LogP contribution in [0.15, 0.2) is 65.2 Å². The largest absolute Gasteiger partial charge is 0.453 e. The monoisotopic (exact) mass is 409 g/mol. The van der Waals surface area contributed by atoms with Crippen LogP contribution in [-0.2, 0) is 0 Å². The molecule has 0 atom stereocenters. The fourth-order valence-corrected chi connectivity index (χ4v) is 3.25. The Bertz CT molecular complexity index is 1260. The molecule has 7 heteroatoms. The van der Waals surface area contributed by atoms with E-state index < -0.39 is 0 Å². The second-order valence-corrected chi connectivity index (χ2v) is 7.01. The number of nitrogens with one attached hydrogen (secondary N) is 2. The third-order valence-corrected chi connectivity index (χ3v) is 4.74. The minimum Gasteiger partial charge on any atom is -0.453 e. The van der Waals surface area contributed by atoms with Crippen LogP contribution in [-0.4, -0.2) is 16.3 Å². The number of rotatable bonds is 6. The van der Waals surface area contributed by atoms with Crippen LogP contribution in [0.4, 0.5) is 23.1 Å². The highest BCUT2D eigenvalue weighted by Crippen LogP contribution is 2.31. The van der Waals surface area contributed by atoms with Gasteiger partial charge in [-0.05, 0) is 79.6 Å². The molecule has 0 unspecified atom stereocenters. The standard InChI is InChI=1S/C24H19N5O2/c1-15-11-18(21-8-7-20(14-30)31-21)12-16(2)23(15)28-22-9-10-26-24(29-22)27-19-5-3-17(13-25)4-6-19/h3-12,14H,1-2H3,(H2,26,27,28,29). The highest BCUT2D eigenvalue weighted by atomic mass is 16.3. The first kappa shape index (κ1) is 19.9. The molecule has 7 nitrogen and oxygen atoms in total. The molecule has 2 aromatic carbocycles. The van der Waals surface area contributed by atoms with Crippen molar-refractivity contribution >= 4 is 29.4 Å². The molecule has 2 aromatic heterocycles. The topological polar surface area (TPSA) is 104 Å². The Kier molecular flexibility index (Phi) is 5.45. The van der Waals surface area contributed by atoms with E-state index in [1.165, 1.54) is 0 Å². The Morgan fingerprint density at radius 1 is 1.00 bits per heavy atom. The molecule has 0 saturated carbocycles. The van der Waals surface area contributed by atoms with Gasteiger partial charge in [0.25, 0.3) is 0 Å². The number of nitrogens with zero attached hydrogens (tertiary/aromatic N) is 3. The number of aryl methyl sites for hydroxylation is 2. The molecule has 0 spiro atoms. The zero-order valence-electron chi connectivity index (χ0n) is 17.0. The third-order valence-electron chi connectivity index (χ3n) is 4.74. The predicted molar refractivity (Wildman–Crippen MR) is 119 cm³/mol. The van der Waals surface area contributed by atoms with Gasteiger partial charge in [0.2, 0.25) is 5.95 Å². The lowest BCUT2D eigenvalue weighted by molar-refractivity contribution is 0.110. The molecule has 2 N–H and O–H groups in total. The van der Waals surface area contributed by atoms with Gasteiger partial charge in [0, 0.05) is 23.1 Å². The summed E-state index contributed by atoms with van der Waals surface area (Å²) in [5, 5.41) is 15.4. The van der Waals surface area contributed by atoms with Crippen molar-refractivity contribution in [2.45, 2.75) is 13.8 Å². The van der Waals surface area contributed by atoms with E-state index >= 15 is 0 Å². The van der Waals surface area contributed by atoms with Crippen LogP contribution in [0, 0.1) is 25.2 Å². The molecule has 0 saturated heterocycles. The van der Waals surface area contributed by atoms with E-state index in [1.807, 2.05) is 26.0 Å². The maximum atomic E-state index is 10.9. The summed E-state index contributed by atoms with van der Waals surface area (Å²) in [6.45, 7) is 4.00. The fraction of sp³-hybridized carbons (Fsp3) is 0.0833. The van der Waals surface area contributed by atoms with Crippen molar-refractivity contribution in [3.8, 4) is 17.4 Å². The summed E-state index contributed by atoms with van der Waals surface area (Å²) < 4.78 is 5.54. The Morgan fingerprint density at radius 2 is 1.74 bits per heavy atom. The molecule has 0 amide bonds. The van der Waals surface area contributed by atoms with Gasteiger partial charge in [0.15, 0.2) is 12.0 Å². The lowest BCUT2D eigenvalue weighted by Gasteiger charge is -2.14. The average Bonchev–Trinajstić information content (AvgIpc) is 3.26. The molecule has 0 aliphatic carbocycles. The molecule has 0 aliphatic heterocycles. The fourth-order valence-electron chi connectivity index (χ4n) is 3.25. The van der Waals surface area contributed by atoms with Gasteiger partial charge in [0.1, 0.15) is 11.6 Å². The first-order valence-electron chi connectivity index (χ1n) is 9.59. The van der Waals surface area contributed by atoms with E-state index in [-0.39, 0.29) is 0 Å².